The second kappa shape index (κ2) is 3.29. The van der Waals surface area contributed by atoms with Crippen molar-refractivity contribution < 1.29 is 8.78 Å². The van der Waals surface area contributed by atoms with Crippen LogP contribution in [0, 0.1) is 11.6 Å². The van der Waals surface area contributed by atoms with Gasteiger partial charge in [0, 0.05) is 11.0 Å². The van der Waals surface area contributed by atoms with Gasteiger partial charge in [-0.1, -0.05) is 32.1 Å². The molecule has 0 saturated carbocycles. The molecule has 1 aromatic carbocycles. The van der Waals surface area contributed by atoms with E-state index in [0.29, 0.717) is 5.56 Å². The minimum atomic E-state index is -0.813. The van der Waals surface area contributed by atoms with E-state index in [1.807, 2.05) is 0 Å². The summed E-state index contributed by atoms with van der Waals surface area (Å²) < 4.78 is 26.1. The fourth-order valence-corrected chi connectivity index (χ4v) is 1.11. The van der Waals surface area contributed by atoms with Crippen LogP contribution in [0.25, 0.3) is 0 Å². The van der Waals surface area contributed by atoms with E-state index in [9.17, 15) is 8.78 Å². The van der Waals surface area contributed by atoms with Crippen LogP contribution in [0.15, 0.2) is 30.9 Å². The lowest BCUT2D eigenvalue weighted by atomic mass is 9.84. The molecule has 0 bridgehead atoms. The van der Waals surface area contributed by atoms with Gasteiger partial charge in [0.2, 0.25) is 0 Å². The highest BCUT2D eigenvalue weighted by molar-refractivity contribution is 5.30. The van der Waals surface area contributed by atoms with E-state index >= 15 is 0 Å². The lowest BCUT2D eigenvalue weighted by molar-refractivity contribution is 0.479. The molecular weight excluding hydrogens is 170 g/mol. The normalized spacial score (nSPS) is 11.4. The first-order valence-corrected chi connectivity index (χ1v) is 4.07. The van der Waals surface area contributed by atoms with E-state index in [4.69, 9.17) is 0 Å². The van der Waals surface area contributed by atoms with Crippen molar-refractivity contribution >= 4 is 0 Å². The minimum absolute atomic E-state index is 0.336. The van der Waals surface area contributed by atoms with Gasteiger partial charge in [0.1, 0.15) is 0 Å². The molecule has 13 heavy (non-hydrogen) atoms. The van der Waals surface area contributed by atoms with Crippen molar-refractivity contribution in [3.63, 3.8) is 0 Å². The zero-order valence-corrected chi connectivity index (χ0v) is 7.77. The van der Waals surface area contributed by atoms with Gasteiger partial charge in [0.05, 0.1) is 0 Å². The molecule has 1 rings (SSSR count). The molecule has 0 unspecified atom stereocenters. The molecule has 0 aliphatic carbocycles. The molecule has 0 nitrogen and oxygen atoms in total. The highest BCUT2D eigenvalue weighted by Gasteiger charge is 2.21. The van der Waals surface area contributed by atoms with Gasteiger partial charge in [-0.25, -0.2) is 8.78 Å². The lowest BCUT2D eigenvalue weighted by Gasteiger charge is -2.20. The Morgan fingerprint density at radius 3 is 2.46 bits per heavy atom. The van der Waals surface area contributed by atoms with Crippen LogP contribution in [0.5, 0.6) is 0 Å². The van der Waals surface area contributed by atoms with E-state index in [-0.39, 0.29) is 0 Å². The number of allylic oxidation sites excluding steroid dienone is 1. The monoisotopic (exact) mass is 182 g/mol. The topological polar surface area (TPSA) is 0 Å². The summed E-state index contributed by atoms with van der Waals surface area (Å²) in [5.74, 6) is -1.60. The van der Waals surface area contributed by atoms with Crippen molar-refractivity contribution in [2.24, 2.45) is 0 Å². The molecule has 0 spiro atoms. The van der Waals surface area contributed by atoms with Crippen LogP contribution in [0.2, 0.25) is 0 Å². The summed E-state index contributed by atoms with van der Waals surface area (Å²) in [6, 6.07) is 4.18. The van der Waals surface area contributed by atoms with Crippen LogP contribution in [-0.4, -0.2) is 0 Å². The van der Waals surface area contributed by atoms with Gasteiger partial charge >= 0.3 is 0 Å². The zero-order valence-electron chi connectivity index (χ0n) is 7.77. The third-order valence-corrected chi connectivity index (χ3v) is 2.16. The Labute approximate surface area is 76.9 Å². The first kappa shape index (κ1) is 9.90. The minimum Gasteiger partial charge on any atom is -0.204 e. The van der Waals surface area contributed by atoms with E-state index in [2.05, 4.69) is 6.58 Å². The molecule has 70 valence electrons. The molecule has 0 atom stereocenters. The van der Waals surface area contributed by atoms with Crippen LogP contribution in [0.4, 0.5) is 8.78 Å². The Morgan fingerprint density at radius 1 is 1.31 bits per heavy atom. The molecule has 0 heterocycles. The number of rotatable bonds is 2. The SMILES string of the molecule is C=CC(C)(C)c1cccc(F)c1F. The Morgan fingerprint density at radius 2 is 1.92 bits per heavy atom. The second-order valence-electron chi connectivity index (χ2n) is 3.53. The van der Waals surface area contributed by atoms with Crippen molar-refractivity contribution in [2.75, 3.05) is 0 Å². The molecule has 0 aromatic heterocycles. The third kappa shape index (κ3) is 1.77. The summed E-state index contributed by atoms with van der Waals surface area (Å²) >= 11 is 0. The molecular formula is C11H12F2. The Kier molecular flexibility index (Phi) is 2.50. The first-order chi connectivity index (χ1) is 5.99. The van der Waals surface area contributed by atoms with Gasteiger partial charge in [-0.05, 0) is 6.07 Å². The largest absolute Gasteiger partial charge is 0.204 e. The van der Waals surface area contributed by atoms with Gasteiger partial charge < -0.3 is 0 Å². The van der Waals surface area contributed by atoms with Crippen LogP contribution in [0.3, 0.4) is 0 Å². The molecule has 0 aliphatic rings. The summed E-state index contributed by atoms with van der Waals surface area (Å²) in [7, 11) is 0. The van der Waals surface area contributed by atoms with Gasteiger partial charge in [0.25, 0.3) is 0 Å². The summed E-state index contributed by atoms with van der Waals surface area (Å²) in [4.78, 5) is 0. The highest BCUT2D eigenvalue weighted by atomic mass is 19.2. The number of benzene rings is 1. The van der Waals surface area contributed by atoms with Crippen molar-refractivity contribution in [3.05, 3.63) is 48.1 Å². The average Bonchev–Trinajstić information content (AvgIpc) is 2.09. The van der Waals surface area contributed by atoms with Crippen molar-refractivity contribution in [3.8, 4) is 0 Å². The molecule has 0 aliphatic heterocycles. The summed E-state index contributed by atoms with van der Waals surface area (Å²) in [6.45, 7) is 7.17. The molecule has 0 radical (unpaired) electrons. The maximum atomic E-state index is 13.3. The quantitative estimate of drug-likeness (QED) is 0.615. The van der Waals surface area contributed by atoms with Crippen LogP contribution < -0.4 is 0 Å². The smallest absolute Gasteiger partial charge is 0.162 e. The Hall–Kier alpha value is -1.18. The predicted molar refractivity (Wildman–Crippen MR) is 49.6 cm³/mol. The average molecular weight is 182 g/mol. The summed E-state index contributed by atoms with van der Waals surface area (Å²) in [6.07, 6.45) is 1.60. The molecule has 0 saturated heterocycles. The lowest BCUT2D eigenvalue weighted by Crippen LogP contribution is -2.15. The van der Waals surface area contributed by atoms with Gasteiger partial charge in [-0.15, -0.1) is 6.58 Å². The third-order valence-electron chi connectivity index (χ3n) is 2.16. The number of hydrogen-bond donors (Lipinski definition) is 0. The molecule has 0 N–H and O–H groups in total. The fourth-order valence-electron chi connectivity index (χ4n) is 1.11. The molecule has 1 aromatic rings. The van der Waals surface area contributed by atoms with Gasteiger partial charge in [0.15, 0.2) is 11.6 Å². The van der Waals surface area contributed by atoms with E-state index in [1.165, 1.54) is 6.07 Å². The van der Waals surface area contributed by atoms with E-state index in [1.54, 1.807) is 26.0 Å². The number of hydrogen-bond acceptors (Lipinski definition) is 0. The summed E-state index contributed by atoms with van der Waals surface area (Å²) in [5.41, 5.74) is -0.200. The van der Waals surface area contributed by atoms with Crippen LogP contribution in [0.1, 0.15) is 19.4 Å². The zero-order chi connectivity index (χ0) is 10.1. The Balaban J connectivity index is 3.30. The standard InChI is InChI=1S/C11H12F2/c1-4-11(2,3)8-6-5-7-9(12)10(8)13/h4-7H,1H2,2-3H3. The van der Waals surface area contributed by atoms with Gasteiger partial charge in [-0.3, -0.25) is 0 Å². The summed E-state index contributed by atoms with van der Waals surface area (Å²) in [5, 5.41) is 0. The van der Waals surface area contributed by atoms with Gasteiger partial charge in [-0.2, -0.15) is 0 Å². The van der Waals surface area contributed by atoms with Crippen LogP contribution >= 0.6 is 0 Å². The van der Waals surface area contributed by atoms with Crippen molar-refractivity contribution in [1.82, 2.24) is 0 Å². The van der Waals surface area contributed by atoms with E-state index in [0.717, 1.165) is 6.07 Å². The molecule has 0 amide bonds. The van der Waals surface area contributed by atoms with E-state index < -0.39 is 17.0 Å². The Bertz CT molecular complexity index is 327. The molecule has 0 fully saturated rings. The maximum Gasteiger partial charge on any atom is 0.162 e. The molecule has 2 heteroatoms. The van der Waals surface area contributed by atoms with Crippen LogP contribution in [-0.2, 0) is 5.41 Å². The fraction of sp³-hybridized carbons (Fsp3) is 0.273. The number of halogens is 2. The highest BCUT2D eigenvalue weighted by Crippen LogP contribution is 2.27. The van der Waals surface area contributed by atoms with Crippen molar-refractivity contribution in [1.29, 1.82) is 0 Å². The first-order valence-electron chi connectivity index (χ1n) is 4.07. The second-order valence-corrected chi connectivity index (χ2v) is 3.53. The maximum absolute atomic E-state index is 13.3. The van der Waals surface area contributed by atoms with Crippen molar-refractivity contribution in [2.45, 2.75) is 19.3 Å². The predicted octanol–water partition coefficient (Wildman–Crippen LogP) is 3.43.